The van der Waals surface area contributed by atoms with Crippen molar-refractivity contribution in [1.29, 1.82) is 0 Å². The third-order valence-electron chi connectivity index (χ3n) is 2.31. The summed E-state index contributed by atoms with van der Waals surface area (Å²) in [5.74, 6) is -0.422. The summed E-state index contributed by atoms with van der Waals surface area (Å²) in [6.07, 6.45) is 4.05. The molecule has 88 valence electrons. The van der Waals surface area contributed by atoms with Crippen molar-refractivity contribution < 1.29 is 9.90 Å². The summed E-state index contributed by atoms with van der Waals surface area (Å²) >= 11 is 0. The van der Waals surface area contributed by atoms with E-state index in [1.54, 1.807) is 12.4 Å². The topological polar surface area (TPSA) is 62.2 Å². The highest BCUT2D eigenvalue weighted by atomic mass is 16.4. The Morgan fingerprint density at radius 2 is 2.06 bits per heavy atom. The molecule has 0 fully saturated rings. The number of carbonyl (C=O) groups is 1. The Labute approximate surface area is 95.7 Å². The zero-order valence-electron chi connectivity index (χ0n) is 9.68. The van der Waals surface area contributed by atoms with E-state index in [9.17, 15) is 4.79 Å². The summed E-state index contributed by atoms with van der Waals surface area (Å²) in [5, 5.41) is 12.1. The Bertz CT molecular complexity index is 325. The van der Waals surface area contributed by atoms with Crippen LogP contribution in [-0.2, 0) is 11.3 Å². The zero-order valence-corrected chi connectivity index (χ0v) is 9.68. The number of aromatic nitrogens is 1. The fraction of sp³-hybridized carbons (Fsp3) is 0.500. The number of pyridine rings is 1. The Morgan fingerprint density at radius 1 is 1.44 bits per heavy atom. The van der Waals surface area contributed by atoms with Crippen LogP contribution >= 0.6 is 0 Å². The van der Waals surface area contributed by atoms with E-state index in [0.717, 1.165) is 5.56 Å². The minimum Gasteiger partial charge on any atom is -0.480 e. The van der Waals surface area contributed by atoms with Crippen molar-refractivity contribution in [2.24, 2.45) is 5.92 Å². The lowest BCUT2D eigenvalue weighted by Crippen LogP contribution is -2.37. The predicted octanol–water partition coefficient (Wildman–Crippen LogP) is 1.67. The van der Waals surface area contributed by atoms with Crippen molar-refractivity contribution in [3.05, 3.63) is 30.1 Å². The SMILES string of the molecule is CC(C)C[C@H](NCc1ccncc1)C(=O)O. The molecule has 0 saturated heterocycles. The van der Waals surface area contributed by atoms with Gasteiger partial charge in [-0.1, -0.05) is 13.8 Å². The van der Waals surface area contributed by atoms with Gasteiger partial charge in [-0.25, -0.2) is 0 Å². The molecule has 4 heteroatoms. The number of carboxylic acids is 1. The second-order valence-corrected chi connectivity index (χ2v) is 4.26. The Kier molecular flexibility index (Phi) is 4.92. The fourth-order valence-electron chi connectivity index (χ4n) is 1.48. The second-order valence-electron chi connectivity index (χ2n) is 4.26. The van der Waals surface area contributed by atoms with Crippen molar-refractivity contribution in [3.8, 4) is 0 Å². The maximum atomic E-state index is 11.0. The van der Waals surface area contributed by atoms with Crippen LogP contribution in [0.2, 0.25) is 0 Å². The van der Waals surface area contributed by atoms with Gasteiger partial charge in [-0.3, -0.25) is 9.78 Å². The van der Waals surface area contributed by atoms with Crippen LogP contribution in [-0.4, -0.2) is 22.1 Å². The molecule has 0 amide bonds. The molecule has 0 aliphatic carbocycles. The monoisotopic (exact) mass is 222 g/mol. The molecule has 1 rings (SSSR count). The molecule has 1 atom stereocenters. The predicted molar refractivity (Wildman–Crippen MR) is 62.0 cm³/mol. The molecular formula is C12H18N2O2. The normalized spacial score (nSPS) is 12.7. The highest BCUT2D eigenvalue weighted by Crippen LogP contribution is 2.06. The first-order valence-corrected chi connectivity index (χ1v) is 5.44. The number of nitrogens with zero attached hydrogens (tertiary/aromatic N) is 1. The summed E-state index contributed by atoms with van der Waals surface area (Å²) in [6, 6.07) is 3.27. The molecule has 0 unspecified atom stereocenters. The van der Waals surface area contributed by atoms with Gasteiger partial charge in [0.1, 0.15) is 6.04 Å². The van der Waals surface area contributed by atoms with E-state index in [-0.39, 0.29) is 0 Å². The Morgan fingerprint density at radius 3 is 2.56 bits per heavy atom. The molecule has 1 aromatic rings. The van der Waals surface area contributed by atoms with Gasteiger partial charge in [0.15, 0.2) is 0 Å². The van der Waals surface area contributed by atoms with Gasteiger partial charge in [-0.15, -0.1) is 0 Å². The summed E-state index contributed by atoms with van der Waals surface area (Å²) in [6.45, 7) is 4.60. The Balaban J connectivity index is 2.47. The highest BCUT2D eigenvalue weighted by Gasteiger charge is 2.17. The highest BCUT2D eigenvalue weighted by molar-refractivity contribution is 5.73. The maximum absolute atomic E-state index is 11.0. The van der Waals surface area contributed by atoms with Crippen molar-refractivity contribution in [3.63, 3.8) is 0 Å². The number of rotatable bonds is 6. The van der Waals surface area contributed by atoms with Crippen molar-refractivity contribution >= 4 is 5.97 Å². The lowest BCUT2D eigenvalue weighted by molar-refractivity contribution is -0.140. The average Bonchev–Trinajstić information content (AvgIpc) is 2.25. The number of carboxylic acid groups (broad SMARTS) is 1. The second kappa shape index (κ2) is 6.23. The first-order valence-electron chi connectivity index (χ1n) is 5.44. The number of hydrogen-bond donors (Lipinski definition) is 2. The van der Waals surface area contributed by atoms with Crippen LogP contribution in [0.1, 0.15) is 25.8 Å². The van der Waals surface area contributed by atoms with Crippen LogP contribution in [0.4, 0.5) is 0 Å². The fourth-order valence-corrected chi connectivity index (χ4v) is 1.48. The molecule has 1 aromatic heterocycles. The molecule has 4 nitrogen and oxygen atoms in total. The van der Waals surface area contributed by atoms with Gasteiger partial charge in [-0.2, -0.15) is 0 Å². The first-order chi connectivity index (χ1) is 7.59. The lowest BCUT2D eigenvalue weighted by atomic mass is 10.0. The minimum atomic E-state index is -0.789. The number of nitrogens with one attached hydrogen (secondary N) is 1. The molecule has 0 aliphatic rings. The zero-order chi connectivity index (χ0) is 12.0. The summed E-state index contributed by atoms with van der Waals surface area (Å²) in [5.41, 5.74) is 1.05. The molecular weight excluding hydrogens is 204 g/mol. The molecule has 0 aromatic carbocycles. The van der Waals surface area contributed by atoms with Gasteiger partial charge in [0.05, 0.1) is 0 Å². The van der Waals surface area contributed by atoms with E-state index in [0.29, 0.717) is 18.9 Å². The molecule has 0 spiro atoms. The largest absolute Gasteiger partial charge is 0.480 e. The molecule has 2 N–H and O–H groups in total. The first kappa shape index (κ1) is 12.6. The maximum Gasteiger partial charge on any atom is 0.320 e. The van der Waals surface area contributed by atoms with Crippen LogP contribution in [0, 0.1) is 5.92 Å². The number of hydrogen-bond acceptors (Lipinski definition) is 3. The smallest absolute Gasteiger partial charge is 0.320 e. The van der Waals surface area contributed by atoms with Gasteiger partial charge in [0, 0.05) is 18.9 Å². The van der Waals surface area contributed by atoms with Crippen molar-refractivity contribution in [1.82, 2.24) is 10.3 Å². The van der Waals surface area contributed by atoms with Crippen LogP contribution in [0.25, 0.3) is 0 Å². The summed E-state index contributed by atoms with van der Waals surface area (Å²) in [4.78, 5) is 14.9. The van der Waals surface area contributed by atoms with E-state index in [1.165, 1.54) is 0 Å². The standard InChI is InChI=1S/C12H18N2O2/c1-9(2)7-11(12(15)16)14-8-10-3-5-13-6-4-10/h3-6,9,11,14H,7-8H2,1-2H3,(H,15,16)/t11-/m0/s1. The van der Waals surface area contributed by atoms with Crippen LogP contribution in [0.3, 0.4) is 0 Å². The molecule has 0 saturated carbocycles. The van der Waals surface area contributed by atoms with Gasteiger partial charge < -0.3 is 10.4 Å². The molecule has 0 aliphatic heterocycles. The van der Waals surface area contributed by atoms with E-state index >= 15 is 0 Å². The van der Waals surface area contributed by atoms with E-state index in [4.69, 9.17) is 5.11 Å². The van der Waals surface area contributed by atoms with Crippen molar-refractivity contribution in [2.75, 3.05) is 0 Å². The molecule has 16 heavy (non-hydrogen) atoms. The lowest BCUT2D eigenvalue weighted by Gasteiger charge is -2.16. The van der Waals surface area contributed by atoms with Crippen molar-refractivity contribution in [2.45, 2.75) is 32.9 Å². The third kappa shape index (κ3) is 4.40. The van der Waals surface area contributed by atoms with Gasteiger partial charge in [0.25, 0.3) is 0 Å². The minimum absolute atomic E-state index is 0.367. The molecule has 0 bridgehead atoms. The van der Waals surface area contributed by atoms with Crippen LogP contribution in [0.5, 0.6) is 0 Å². The molecule has 0 radical (unpaired) electrons. The van der Waals surface area contributed by atoms with Gasteiger partial charge in [0.2, 0.25) is 0 Å². The third-order valence-corrected chi connectivity index (χ3v) is 2.31. The van der Waals surface area contributed by atoms with Gasteiger partial charge in [-0.05, 0) is 30.0 Å². The number of aliphatic carboxylic acids is 1. The van der Waals surface area contributed by atoms with E-state index in [1.807, 2.05) is 26.0 Å². The van der Waals surface area contributed by atoms with E-state index in [2.05, 4.69) is 10.3 Å². The van der Waals surface area contributed by atoms with Crippen LogP contribution in [0.15, 0.2) is 24.5 Å². The average molecular weight is 222 g/mol. The summed E-state index contributed by atoms with van der Waals surface area (Å²) < 4.78 is 0. The van der Waals surface area contributed by atoms with Crippen LogP contribution < -0.4 is 5.32 Å². The van der Waals surface area contributed by atoms with E-state index < -0.39 is 12.0 Å². The quantitative estimate of drug-likeness (QED) is 0.768. The Hall–Kier alpha value is -1.42. The molecule has 1 heterocycles. The van der Waals surface area contributed by atoms with Gasteiger partial charge >= 0.3 is 5.97 Å². The summed E-state index contributed by atoms with van der Waals surface area (Å²) in [7, 11) is 0.